The van der Waals surface area contributed by atoms with Crippen molar-refractivity contribution in [1.29, 1.82) is 0 Å². The molecule has 0 bridgehead atoms. The molecule has 0 aromatic rings. The van der Waals surface area contributed by atoms with Gasteiger partial charge in [-0.15, -0.1) is 0 Å². The summed E-state index contributed by atoms with van der Waals surface area (Å²) in [6.45, 7) is 12.7. The molecular weight excluding hydrogens is 208 g/mol. The highest BCUT2D eigenvalue weighted by Gasteiger charge is 2.37. The number of unbranched alkanes of at least 4 members (excludes halogenated alkanes) is 1. The maximum atomic E-state index is 6.12. The lowest BCUT2D eigenvalue weighted by molar-refractivity contribution is 0.0228. The third-order valence-electron chi connectivity index (χ3n) is 4.82. The Morgan fingerprint density at radius 2 is 1.76 bits per heavy atom. The molecule has 0 amide bonds. The van der Waals surface area contributed by atoms with E-state index in [1.165, 1.54) is 51.6 Å². The van der Waals surface area contributed by atoms with E-state index in [0.29, 0.717) is 5.41 Å². The maximum Gasteiger partial charge on any atom is 0.0329 e. The van der Waals surface area contributed by atoms with Gasteiger partial charge in [-0.2, -0.15) is 0 Å². The molecule has 2 N–H and O–H groups in total. The molecular formula is C15H32N2. The molecule has 0 aliphatic carbocycles. The van der Waals surface area contributed by atoms with Gasteiger partial charge in [0.2, 0.25) is 0 Å². The lowest BCUT2D eigenvalue weighted by Crippen LogP contribution is -2.56. The molecule has 2 heteroatoms. The summed E-state index contributed by atoms with van der Waals surface area (Å²) in [5.41, 5.74) is 6.94. The zero-order chi connectivity index (χ0) is 12.9. The van der Waals surface area contributed by atoms with Crippen molar-refractivity contribution in [3.63, 3.8) is 0 Å². The van der Waals surface area contributed by atoms with Gasteiger partial charge >= 0.3 is 0 Å². The molecule has 1 heterocycles. The van der Waals surface area contributed by atoms with Crippen LogP contribution >= 0.6 is 0 Å². The average molecular weight is 240 g/mol. The molecule has 1 aliphatic rings. The molecule has 102 valence electrons. The fourth-order valence-electron chi connectivity index (χ4n) is 3.03. The molecule has 1 unspecified atom stereocenters. The minimum atomic E-state index is 0.284. The monoisotopic (exact) mass is 240 g/mol. The Labute approximate surface area is 108 Å². The van der Waals surface area contributed by atoms with Crippen LogP contribution in [0.3, 0.4) is 0 Å². The number of nitrogens with zero attached hydrogens (tertiary/aromatic N) is 1. The predicted octanol–water partition coefficient (Wildman–Crippen LogP) is 3.41. The smallest absolute Gasteiger partial charge is 0.0329 e. The summed E-state index contributed by atoms with van der Waals surface area (Å²) in [5, 5.41) is 0. The summed E-state index contributed by atoms with van der Waals surface area (Å²) in [7, 11) is 0. The second-order valence-corrected chi connectivity index (χ2v) is 6.54. The first-order chi connectivity index (χ1) is 7.99. The quantitative estimate of drug-likeness (QED) is 0.771. The van der Waals surface area contributed by atoms with E-state index >= 15 is 0 Å². The maximum absolute atomic E-state index is 6.12. The lowest BCUT2D eigenvalue weighted by atomic mass is 9.79. The number of rotatable bonds is 6. The van der Waals surface area contributed by atoms with Crippen LogP contribution in [0, 0.1) is 5.41 Å². The van der Waals surface area contributed by atoms with Gasteiger partial charge in [-0.05, 0) is 44.2 Å². The molecule has 1 saturated heterocycles. The number of piperidine rings is 1. The van der Waals surface area contributed by atoms with Crippen LogP contribution in [0.2, 0.25) is 0 Å². The molecule has 0 saturated carbocycles. The minimum absolute atomic E-state index is 0.284. The van der Waals surface area contributed by atoms with Gasteiger partial charge in [0.25, 0.3) is 0 Å². The highest BCUT2D eigenvalue weighted by Crippen LogP contribution is 2.35. The number of likely N-dealkylation sites (tertiary alicyclic amines) is 1. The van der Waals surface area contributed by atoms with E-state index in [2.05, 4.69) is 32.6 Å². The standard InChI is InChI=1S/C15H32N2/c1-5-7-8-15(6-2,13-16)17-11-9-14(3,4)10-12-17/h5-13,16H2,1-4H3. The van der Waals surface area contributed by atoms with E-state index in [0.717, 1.165) is 6.54 Å². The van der Waals surface area contributed by atoms with Gasteiger partial charge in [0.1, 0.15) is 0 Å². The van der Waals surface area contributed by atoms with Gasteiger partial charge in [0.05, 0.1) is 0 Å². The fraction of sp³-hybridized carbons (Fsp3) is 1.00. The molecule has 17 heavy (non-hydrogen) atoms. The number of hydrogen-bond acceptors (Lipinski definition) is 2. The van der Waals surface area contributed by atoms with E-state index in [1.807, 2.05) is 0 Å². The summed E-state index contributed by atoms with van der Waals surface area (Å²) < 4.78 is 0. The Balaban J connectivity index is 2.65. The fourth-order valence-corrected chi connectivity index (χ4v) is 3.03. The third-order valence-corrected chi connectivity index (χ3v) is 4.82. The summed E-state index contributed by atoms with van der Waals surface area (Å²) in [6.07, 6.45) is 7.70. The Morgan fingerprint density at radius 3 is 2.18 bits per heavy atom. The van der Waals surface area contributed by atoms with Crippen LogP contribution in [0.1, 0.15) is 66.2 Å². The Bertz CT molecular complexity index is 209. The normalized spacial score (nSPS) is 24.5. The molecule has 0 aromatic heterocycles. The van der Waals surface area contributed by atoms with E-state index in [9.17, 15) is 0 Å². The van der Waals surface area contributed by atoms with Crippen molar-refractivity contribution in [2.75, 3.05) is 19.6 Å². The van der Waals surface area contributed by atoms with E-state index < -0.39 is 0 Å². The Hall–Kier alpha value is -0.0800. The van der Waals surface area contributed by atoms with Crippen LogP contribution in [0.5, 0.6) is 0 Å². The van der Waals surface area contributed by atoms with E-state index in [4.69, 9.17) is 5.73 Å². The van der Waals surface area contributed by atoms with Crippen molar-refractivity contribution in [2.45, 2.75) is 71.8 Å². The number of nitrogens with two attached hydrogens (primary N) is 1. The SMILES string of the molecule is CCCCC(CC)(CN)N1CCC(C)(C)CC1. The molecule has 0 spiro atoms. The Morgan fingerprint density at radius 1 is 1.18 bits per heavy atom. The van der Waals surface area contributed by atoms with Crippen molar-refractivity contribution in [1.82, 2.24) is 4.90 Å². The zero-order valence-corrected chi connectivity index (χ0v) is 12.4. The van der Waals surface area contributed by atoms with E-state index in [-0.39, 0.29) is 5.54 Å². The van der Waals surface area contributed by atoms with Gasteiger partial charge in [0.15, 0.2) is 0 Å². The predicted molar refractivity (Wildman–Crippen MR) is 76.2 cm³/mol. The van der Waals surface area contributed by atoms with Crippen LogP contribution in [0.15, 0.2) is 0 Å². The second-order valence-electron chi connectivity index (χ2n) is 6.54. The molecule has 1 aliphatic heterocycles. The summed E-state index contributed by atoms with van der Waals surface area (Å²) in [4.78, 5) is 2.69. The van der Waals surface area contributed by atoms with Gasteiger partial charge in [0, 0.05) is 12.1 Å². The second kappa shape index (κ2) is 6.19. The molecule has 1 fully saturated rings. The van der Waals surface area contributed by atoms with Crippen molar-refractivity contribution in [2.24, 2.45) is 11.1 Å². The zero-order valence-electron chi connectivity index (χ0n) is 12.4. The molecule has 1 rings (SSSR count). The van der Waals surface area contributed by atoms with Gasteiger partial charge in [-0.25, -0.2) is 0 Å². The lowest BCUT2D eigenvalue weighted by Gasteiger charge is -2.48. The third kappa shape index (κ3) is 3.69. The molecule has 2 nitrogen and oxygen atoms in total. The summed E-state index contributed by atoms with van der Waals surface area (Å²) in [5.74, 6) is 0. The highest BCUT2D eigenvalue weighted by molar-refractivity contribution is 4.94. The molecule has 1 atom stereocenters. The van der Waals surface area contributed by atoms with Crippen LogP contribution in [0.25, 0.3) is 0 Å². The first-order valence-electron chi connectivity index (χ1n) is 7.45. The summed E-state index contributed by atoms with van der Waals surface area (Å²) >= 11 is 0. The minimum Gasteiger partial charge on any atom is -0.329 e. The van der Waals surface area contributed by atoms with Gasteiger partial charge in [-0.3, -0.25) is 4.90 Å². The molecule has 0 aromatic carbocycles. The largest absolute Gasteiger partial charge is 0.329 e. The first kappa shape index (κ1) is 15.0. The Kier molecular flexibility index (Phi) is 5.46. The van der Waals surface area contributed by atoms with Crippen LogP contribution < -0.4 is 5.73 Å². The topological polar surface area (TPSA) is 29.3 Å². The van der Waals surface area contributed by atoms with Crippen molar-refractivity contribution < 1.29 is 0 Å². The van der Waals surface area contributed by atoms with Crippen molar-refractivity contribution >= 4 is 0 Å². The van der Waals surface area contributed by atoms with Crippen LogP contribution in [-0.2, 0) is 0 Å². The highest BCUT2D eigenvalue weighted by atomic mass is 15.2. The van der Waals surface area contributed by atoms with E-state index in [1.54, 1.807) is 0 Å². The van der Waals surface area contributed by atoms with Crippen molar-refractivity contribution in [3.05, 3.63) is 0 Å². The van der Waals surface area contributed by atoms with Crippen LogP contribution in [-0.4, -0.2) is 30.1 Å². The first-order valence-corrected chi connectivity index (χ1v) is 7.45. The van der Waals surface area contributed by atoms with Crippen LogP contribution in [0.4, 0.5) is 0 Å². The average Bonchev–Trinajstić information content (AvgIpc) is 2.32. The number of hydrogen-bond donors (Lipinski definition) is 1. The van der Waals surface area contributed by atoms with Crippen molar-refractivity contribution in [3.8, 4) is 0 Å². The van der Waals surface area contributed by atoms with Gasteiger partial charge < -0.3 is 5.73 Å². The molecule has 0 radical (unpaired) electrons. The van der Waals surface area contributed by atoms with Gasteiger partial charge in [-0.1, -0.05) is 40.5 Å². The summed E-state index contributed by atoms with van der Waals surface area (Å²) in [6, 6.07) is 0.